The van der Waals surface area contributed by atoms with Crippen molar-refractivity contribution in [2.75, 3.05) is 20.2 Å². The van der Waals surface area contributed by atoms with Crippen molar-refractivity contribution in [1.29, 1.82) is 0 Å². The van der Waals surface area contributed by atoms with Crippen LogP contribution in [0, 0.1) is 0 Å². The third kappa shape index (κ3) is 2.10. The number of nitrogens with one attached hydrogen (secondary N) is 1. The predicted octanol–water partition coefficient (Wildman–Crippen LogP) is 3.02. The summed E-state index contributed by atoms with van der Waals surface area (Å²) < 4.78 is 4.74. The molecule has 2 heterocycles. The zero-order valence-corrected chi connectivity index (χ0v) is 10.8. The van der Waals surface area contributed by atoms with Gasteiger partial charge in [0.15, 0.2) is 0 Å². The Kier molecular flexibility index (Phi) is 2.99. The highest BCUT2D eigenvalue weighted by molar-refractivity contribution is 5.93. The van der Waals surface area contributed by atoms with Gasteiger partial charge in [-0.1, -0.05) is 24.3 Å². The molecule has 1 aliphatic heterocycles. The van der Waals surface area contributed by atoms with E-state index in [0.717, 1.165) is 11.9 Å². The molecule has 98 valence electrons. The normalized spacial score (nSPS) is 15.4. The predicted molar refractivity (Wildman–Crippen MR) is 74.9 cm³/mol. The molecule has 0 fully saturated rings. The first-order valence-electron chi connectivity index (χ1n) is 6.38. The molecule has 19 heavy (non-hydrogen) atoms. The van der Waals surface area contributed by atoms with Gasteiger partial charge in [-0.2, -0.15) is 0 Å². The highest BCUT2D eigenvalue weighted by Crippen LogP contribution is 2.29. The van der Waals surface area contributed by atoms with Crippen molar-refractivity contribution in [1.82, 2.24) is 9.88 Å². The molecule has 0 unspecified atom stereocenters. The van der Waals surface area contributed by atoms with Crippen molar-refractivity contribution < 1.29 is 9.53 Å². The minimum Gasteiger partial charge on any atom is -0.453 e. The van der Waals surface area contributed by atoms with Crippen LogP contribution in [0.2, 0.25) is 0 Å². The third-order valence-electron chi connectivity index (χ3n) is 3.58. The van der Waals surface area contributed by atoms with Crippen LogP contribution in [0.4, 0.5) is 4.79 Å². The molecule has 0 saturated heterocycles. The maximum absolute atomic E-state index is 11.4. The van der Waals surface area contributed by atoms with Gasteiger partial charge < -0.3 is 14.6 Å². The van der Waals surface area contributed by atoms with Crippen LogP contribution >= 0.6 is 0 Å². The zero-order chi connectivity index (χ0) is 13.2. The fraction of sp³-hybridized carbons (Fsp3) is 0.267. The smallest absolute Gasteiger partial charge is 0.409 e. The average Bonchev–Trinajstić information content (AvgIpc) is 2.90. The Bertz CT molecular complexity index is 642. The largest absolute Gasteiger partial charge is 0.453 e. The van der Waals surface area contributed by atoms with E-state index in [0.29, 0.717) is 13.1 Å². The summed E-state index contributed by atoms with van der Waals surface area (Å²) in [4.78, 5) is 16.4. The summed E-state index contributed by atoms with van der Waals surface area (Å²) in [6.07, 6.45) is 4.76. The number of rotatable bonds is 1. The molecule has 1 aromatic carbocycles. The summed E-state index contributed by atoms with van der Waals surface area (Å²) in [5.74, 6) is 0. The second-order valence-electron chi connectivity index (χ2n) is 4.64. The number of amides is 1. The van der Waals surface area contributed by atoms with Crippen LogP contribution in [0.3, 0.4) is 0 Å². The fourth-order valence-electron chi connectivity index (χ4n) is 2.55. The van der Waals surface area contributed by atoms with Crippen molar-refractivity contribution in [3.05, 3.63) is 42.1 Å². The number of methoxy groups -OCH3 is 1. The highest BCUT2D eigenvalue weighted by atomic mass is 16.5. The molecule has 0 atom stereocenters. The van der Waals surface area contributed by atoms with Gasteiger partial charge in [0.1, 0.15) is 0 Å². The quantitative estimate of drug-likeness (QED) is 0.852. The van der Waals surface area contributed by atoms with Crippen molar-refractivity contribution in [2.45, 2.75) is 6.42 Å². The van der Waals surface area contributed by atoms with Gasteiger partial charge in [-0.25, -0.2) is 4.79 Å². The van der Waals surface area contributed by atoms with Crippen LogP contribution in [0.5, 0.6) is 0 Å². The second kappa shape index (κ2) is 4.80. The minimum absolute atomic E-state index is 0.255. The number of hydrogen-bond acceptors (Lipinski definition) is 2. The number of aromatic nitrogens is 1. The van der Waals surface area contributed by atoms with Gasteiger partial charge in [-0.15, -0.1) is 0 Å². The van der Waals surface area contributed by atoms with Crippen molar-refractivity contribution in [3.63, 3.8) is 0 Å². The summed E-state index contributed by atoms with van der Waals surface area (Å²) >= 11 is 0. The SMILES string of the molecule is COC(=O)N1CC=C(c2c[nH]c3ccccc23)CC1. The number of benzene rings is 1. The molecular weight excluding hydrogens is 240 g/mol. The van der Waals surface area contributed by atoms with E-state index in [4.69, 9.17) is 4.74 Å². The monoisotopic (exact) mass is 256 g/mol. The molecular formula is C15H16N2O2. The maximum atomic E-state index is 11.4. The first-order chi connectivity index (χ1) is 9.29. The molecule has 1 amide bonds. The van der Waals surface area contributed by atoms with E-state index in [1.54, 1.807) is 4.90 Å². The van der Waals surface area contributed by atoms with Crippen LogP contribution < -0.4 is 0 Å². The van der Waals surface area contributed by atoms with Crippen molar-refractivity contribution in [2.24, 2.45) is 0 Å². The number of para-hydroxylation sites is 1. The maximum Gasteiger partial charge on any atom is 0.409 e. The number of ether oxygens (including phenoxy) is 1. The summed E-state index contributed by atoms with van der Waals surface area (Å²) in [7, 11) is 1.42. The summed E-state index contributed by atoms with van der Waals surface area (Å²) in [5.41, 5.74) is 3.67. The third-order valence-corrected chi connectivity index (χ3v) is 3.58. The molecule has 1 aliphatic rings. The lowest BCUT2D eigenvalue weighted by molar-refractivity contribution is 0.128. The first kappa shape index (κ1) is 11.8. The van der Waals surface area contributed by atoms with Gasteiger partial charge in [-0.3, -0.25) is 0 Å². The van der Waals surface area contributed by atoms with E-state index < -0.39 is 0 Å². The van der Waals surface area contributed by atoms with E-state index >= 15 is 0 Å². The Morgan fingerprint density at radius 3 is 2.95 bits per heavy atom. The highest BCUT2D eigenvalue weighted by Gasteiger charge is 2.19. The molecule has 4 heteroatoms. The molecule has 1 N–H and O–H groups in total. The van der Waals surface area contributed by atoms with E-state index in [-0.39, 0.29) is 6.09 Å². The van der Waals surface area contributed by atoms with Gasteiger partial charge in [0.2, 0.25) is 0 Å². The Hall–Kier alpha value is -2.23. The number of H-pyrrole nitrogens is 1. The topological polar surface area (TPSA) is 45.3 Å². The lowest BCUT2D eigenvalue weighted by atomic mass is 9.99. The number of fused-ring (bicyclic) bond motifs is 1. The molecule has 3 rings (SSSR count). The number of hydrogen-bond donors (Lipinski definition) is 1. The van der Waals surface area contributed by atoms with Crippen LogP contribution in [0.1, 0.15) is 12.0 Å². The minimum atomic E-state index is -0.255. The lowest BCUT2D eigenvalue weighted by Crippen LogP contribution is -2.34. The molecule has 0 bridgehead atoms. The van der Waals surface area contributed by atoms with Gasteiger partial charge in [0.25, 0.3) is 0 Å². The van der Waals surface area contributed by atoms with E-state index in [1.165, 1.54) is 23.6 Å². The molecule has 0 spiro atoms. The van der Waals surface area contributed by atoms with Gasteiger partial charge in [0.05, 0.1) is 7.11 Å². The molecule has 0 saturated carbocycles. The first-order valence-corrected chi connectivity index (χ1v) is 6.38. The Balaban J connectivity index is 1.88. The van der Waals surface area contributed by atoms with Gasteiger partial charge in [-0.05, 0) is 18.1 Å². The average molecular weight is 256 g/mol. The zero-order valence-electron chi connectivity index (χ0n) is 10.8. The van der Waals surface area contributed by atoms with Gasteiger partial charge in [0, 0.05) is 35.8 Å². The van der Waals surface area contributed by atoms with Crippen LogP contribution in [-0.4, -0.2) is 36.2 Å². The summed E-state index contributed by atoms with van der Waals surface area (Å²) in [5, 5.41) is 1.24. The molecule has 0 aliphatic carbocycles. The Labute approximate surface area is 111 Å². The lowest BCUT2D eigenvalue weighted by Gasteiger charge is -2.25. The van der Waals surface area contributed by atoms with E-state index in [9.17, 15) is 4.79 Å². The number of carbonyl (C=O) groups excluding carboxylic acids is 1. The summed E-state index contributed by atoms with van der Waals surface area (Å²) in [6.45, 7) is 1.32. The molecule has 1 aromatic heterocycles. The Morgan fingerprint density at radius 2 is 2.21 bits per heavy atom. The van der Waals surface area contributed by atoms with E-state index in [1.807, 2.05) is 18.3 Å². The molecule has 2 aromatic rings. The number of aromatic amines is 1. The number of nitrogens with zero attached hydrogens (tertiary/aromatic N) is 1. The Morgan fingerprint density at radius 1 is 1.37 bits per heavy atom. The number of carbonyl (C=O) groups is 1. The second-order valence-corrected chi connectivity index (χ2v) is 4.64. The van der Waals surface area contributed by atoms with Crippen LogP contribution in [0.15, 0.2) is 36.5 Å². The van der Waals surface area contributed by atoms with Crippen LogP contribution in [0.25, 0.3) is 16.5 Å². The van der Waals surface area contributed by atoms with Crippen LogP contribution in [-0.2, 0) is 4.74 Å². The van der Waals surface area contributed by atoms with E-state index in [2.05, 4.69) is 23.2 Å². The van der Waals surface area contributed by atoms with Gasteiger partial charge >= 0.3 is 6.09 Å². The van der Waals surface area contributed by atoms with Crippen molar-refractivity contribution in [3.8, 4) is 0 Å². The summed E-state index contributed by atoms with van der Waals surface area (Å²) in [6, 6.07) is 8.26. The standard InChI is InChI=1S/C15H16N2O2/c1-19-15(18)17-8-6-11(7-9-17)13-10-16-14-5-3-2-4-12(13)14/h2-6,10,16H,7-9H2,1H3. The van der Waals surface area contributed by atoms with Crippen molar-refractivity contribution >= 4 is 22.6 Å². The molecule has 4 nitrogen and oxygen atoms in total. The fourth-order valence-corrected chi connectivity index (χ4v) is 2.55. The molecule has 0 radical (unpaired) electrons.